The van der Waals surface area contributed by atoms with Gasteiger partial charge in [0.2, 0.25) is 41.4 Å². The van der Waals surface area contributed by atoms with E-state index < -0.39 is 17.7 Å². The number of anilines is 1. The van der Waals surface area contributed by atoms with Gasteiger partial charge in [-0.1, -0.05) is 42.5 Å². The molecule has 0 saturated carbocycles. The van der Waals surface area contributed by atoms with Gasteiger partial charge in [0.1, 0.15) is 0 Å². The molecule has 0 spiro atoms. The largest absolute Gasteiger partial charge is 0.356 e. The topological polar surface area (TPSA) is 229 Å². The van der Waals surface area contributed by atoms with Gasteiger partial charge in [0.05, 0.1) is 6.54 Å². The summed E-state index contributed by atoms with van der Waals surface area (Å²) in [4.78, 5) is 87.3. The number of hydroxylamine groups is 6. The van der Waals surface area contributed by atoms with Gasteiger partial charge in [0.15, 0.2) is 0 Å². The molecular weight excluding hydrogens is 787 g/mol. The number of carbonyl (C=O) groups is 7. The van der Waals surface area contributed by atoms with Crippen molar-refractivity contribution in [2.24, 2.45) is 0 Å². The van der Waals surface area contributed by atoms with Gasteiger partial charge in [-0.15, -0.1) is 0 Å². The summed E-state index contributed by atoms with van der Waals surface area (Å²) in [5, 5.41) is 39.5. The van der Waals surface area contributed by atoms with E-state index in [2.05, 4.69) is 22.0 Å². The third kappa shape index (κ3) is 19.7. The van der Waals surface area contributed by atoms with Crippen LogP contribution in [0.5, 0.6) is 0 Å². The monoisotopic (exact) mass is 851 g/mol. The lowest BCUT2D eigenvalue weighted by molar-refractivity contribution is -0.166. The van der Waals surface area contributed by atoms with Crippen LogP contribution in [0.25, 0.3) is 0 Å². The van der Waals surface area contributed by atoms with E-state index in [1.54, 1.807) is 4.90 Å². The lowest BCUT2D eigenvalue weighted by Crippen LogP contribution is -2.34. The van der Waals surface area contributed by atoms with E-state index in [9.17, 15) is 49.2 Å². The number of carbonyl (C=O) groups excluding carboxylic acids is 7. The number of rotatable bonds is 27. The maximum Gasteiger partial charge on any atom is 0.246 e. The van der Waals surface area contributed by atoms with Crippen LogP contribution in [0.15, 0.2) is 48.5 Å². The number of unbranched alkanes of at least 4 members (excludes halogenated alkanes) is 6. The average molecular weight is 852 g/mol. The van der Waals surface area contributed by atoms with Crippen LogP contribution in [-0.4, -0.2) is 111 Å². The first-order valence-electron chi connectivity index (χ1n) is 21.6. The Kier molecular flexibility index (Phi) is 23.1. The number of nitrogens with one attached hydrogen (secondary N) is 3. The minimum Gasteiger partial charge on any atom is -0.356 e. The van der Waals surface area contributed by atoms with E-state index in [-0.39, 0.29) is 81.8 Å². The normalized spacial score (nSPS) is 11.9. The molecule has 6 N–H and O–H groups in total. The number of hydrogen-bond donors (Lipinski definition) is 6. The molecule has 0 aromatic heterocycles. The lowest BCUT2D eigenvalue weighted by atomic mass is 9.95. The molecule has 336 valence electrons. The number of aryl methyl sites for hydroxylation is 2. The van der Waals surface area contributed by atoms with E-state index >= 15 is 0 Å². The Morgan fingerprint density at radius 2 is 0.918 bits per heavy atom. The highest BCUT2D eigenvalue weighted by molar-refractivity contribution is 5.96. The summed E-state index contributed by atoms with van der Waals surface area (Å²) in [5.74, 6) is -2.53. The van der Waals surface area contributed by atoms with E-state index in [4.69, 9.17) is 0 Å². The zero-order valence-electron chi connectivity index (χ0n) is 35.6. The van der Waals surface area contributed by atoms with Crippen LogP contribution >= 0.6 is 0 Å². The summed E-state index contributed by atoms with van der Waals surface area (Å²) < 4.78 is 0. The van der Waals surface area contributed by atoms with E-state index in [0.717, 1.165) is 29.7 Å². The first-order chi connectivity index (χ1) is 29.3. The smallest absolute Gasteiger partial charge is 0.246 e. The van der Waals surface area contributed by atoms with Crippen LogP contribution in [0.3, 0.4) is 0 Å². The third-order valence-electron chi connectivity index (χ3n) is 10.4. The molecular formula is C44H65N7O10. The van der Waals surface area contributed by atoms with Gasteiger partial charge in [0.25, 0.3) is 0 Å². The Balaban J connectivity index is 1.15. The van der Waals surface area contributed by atoms with Crippen LogP contribution in [0.2, 0.25) is 0 Å². The summed E-state index contributed by atoms with van der Waals surface area (Å²) in [5.41, 5.74) is 4.33. The van der Waals surface area contributed by atoms with Crippen molar-refractivity contribution in [1.29, 1.82) is 0 Å². The molecule has 61 heavy (non-hydrogen) atoms. The standard InChI is InChI=1S/C44H65N7O10/c1-34(52)49(59)30-12-2-9-27-46-40(54)22-25-43(57)51(61)32-14-4-11-29-47-41(55)23-26-44(58)50(60)31-13-3-10-28-45-39(53)21-24-42(56)48-33-37-17-6-5-15-35(37)19-20-36-16-7-8-18-38(36)48/h5-8,15-18,59-61H,2-4,9-14,19-33H2,1H3,(H,45,53)(H,46,54)(H,47,55). The van der Waals surface area contributed by atoms with Crippen molar-refractivity contribution < 1.29 is 49.2 Å². The predicted molar refractivity (Wildman–Crippen MR) is 226 cm³/mol. The molecule has 0 bridgehead atoms. The van der Waals surface area contributed by atoms with E-state index in [1.807, 2.05) is 42.5 Å². The molecule has 1 heterocycles. The first kappa shape index (κ1) is 50.0. The molecule has 17 nitrogen and oxygen atoms in total. The van der Waals surface area contributed by atoms with E-state index in [0.29, 0.717) is 99.2 Å². The summed E-state index contributed by atoms with van der Waals surface area (Å²) in [7, 11) is 0. The molecule has 0 aliphatic carbocycles. The van der Waals surface area contributed by atoms with Gasteiger partial charge in [-0.05, 0) is 93.4 Å². The fourth-order valence-electron chi connectivity index (χ4n) is 6.79. The van der Waals surface area contributed by atoms with Crippen LogP contribution in [0.4, 0.5) is 5.69 Å². The number of fused-ring (bicyclic) bond motifs is 2. The summed E-state index contributed by atoms with van der Waals surface area (Å²) in [6.07, 6.45) is 6.87. The van der Waals surface area contributed by atoms with Crippen LogP contribution in [0.1, 0.15) is 120 Å². The Bertz CT molecular complexity index is 1740. The number of amides is 7. The summed E-state index contributed by atoms with van der Waals surface area (Å²) >= 11 is 0. The van der Waals surface area contributed by atoms with Gasteiger partial charge in [-0.2, -0.15) is 0 Å². The maximum atomic E-state index is 13.4. The van der Waals surface area contributed by atoms with Gasteiger partial charge in [-0.25, -0.2) is 15.2 Å². The fourth-order valence-corrected chi connectivity index (χ4v) is 6.79. The molecule has 17 heteroatoms. The van der Waals surface area contributed by atoms with Crippen molar-refractivity contribution in [3.05, 3.63) is 65.2 Å². The van der Waals surface area contributed by atoms with Crippen molar-refractivity contribution in [2.45, 2.75) is 123 Å². The van der Waals surface area contributed by atoms with Gasteiger partial charge < -0.3 is 20.9 Å². The van der Waals surface area contributed by atoms with Gasteiger partial charge in [0, 0.05) is 90.4 Å². The number of benzene rings is 2. The molecule has 7 amide bonds. The van der Waals surface area contributed by atoms with Crippen molar-refractivity contribution in [3.63, 3.8) is 0 Å². The molecule has 0 atom stereocenters. The van der Waals surface area contributed by atoms with Crippen molar-refractivity contribution in [3.8, 4) is 0 Å². The summed E-state index contributed by atoms with van der Waals surface area (Å²) in [6.45, 7) is 3.28. The molecule has 0 unspecified atom stereocenters. The highest BCUT2D eigenvalue weighted by Gasteiger charge is 2.23. The number of nitrogens with zero attached hydrogens (tertiary/aromatic N) is 4. The number of para-hydroxylation sites is 1. The Morgan fingerprint density at radius 1 is 0.508 bits per heavy atom. The molecule has 0 fully saturated rings. The predicted octanol–water partition coefficient (Wildman–Crippen LogP) is 4.19. The molecule has 0 radical (unpaired) electrons. The van der Waals surface area contributed by atoms with Crippen LogP contribution in [-0.2, 0) is 52.9 Å². The Labute approximate surface area is 358 Å². The second kappa shape index (κ2) is 28.2. The fraction of sp³-hybridized carbons (Fsp3) is 0.568. The highest BCUT2D eigenvalue weighted by Crippen LogP contribution is 2.29. The first-order valence-corrected chi connectivity index (χ1v) is 21.6. The zero-order valence-corrected chi connectivity index (χ0v) is 35.6. The van der Waals surface area contributed by atoms with Crippen molar-refractivity contribution in [2.75, 3.05) is 44.2 Å². The minimum absolute atomic E-state index is 0.0621. The Morgan fingerprint density at radius 3 is 1.41 bits per heavy atom. The maximum absolute atomic E-state index is 13.4. The third-order valence-corrected chi connectivity index (χ3v) is 10.4. The molecule has 2 aromatic rings. The minimum atomic E-state index is -0.568. The zero-order chi connectivity index (χ0) is 44.4. The molecule has 1 aliphatic rings. The van der Waals surface area contributed by atoms with Gasteiger partial charge in [-0.3, -0.25) is 49.2 Å². The average Bonchev–Trinajstić information content (AvgIpc) is 3.24. The molecule has 0 saturated heterocycles. The second-order valence-corrected chi connectivity index (χ2v) is 15.3. The van der Waals surface area contributed by atoms with E-state index in [1.165, 1.54) is 12.5 Å². The summed E-state index contributed by atoms with van der Waals surface area (Å²) in [6, 6.07) is 16.1. The second-order valence-electron chi connectivity index (χ2n) is 15.3. The SMILES string of the molecule is CC(=O)N(O)CCCCCNC(=O)CCC(=O)N(O)CCCCCNC(=O)CCC(=O)N(O)CCCCCNC(=O)CCC(=O)N1Cc2ccccc2CCc2ccccc21. The molecule has 2 aromatic carbocycles. The van der Waals surface area contributed by atoms with Crippen LogP contribution < -0.4 is 20.9 Å². The number of hydrogen-bond acceptors (Lipinski definition) is 10. The lowest BCUT2D eigenvalue weighted by Gasteiger charge is -2.29. The van der Waals surface area contributed by atoms with Crippen molar-refractivity contribution in [1.82, 2.24) is 31.1 Å². The van der Waals surface area contributed by atoms with Crippen LogP contribution in [0, 0.1) is 0 Å². The highest BCUT2D eigenvalue weighted by atomic mass is 16.5. The van der Waals surface area contributed by atoms with Gasteiger partial charge >= 0.3 is 0 Å². The Hall–Kier alpha value is -5.39. The van der Waals surface area contributed by atoms with Crippen molar-refractivity contribution >= 4 is 47.0 Å². The quantitative estimate of drug-likeness (QED) is 0.0427. The molecule has 1 aliphatic heterocycles. The molecule has 3 rings (SSSR count).